The zero-order chi connectivity index (χ0) is 14.4. The quantitative estimate of drug-likeness (QED) is 0.813. The number of rotatable bonds is 6. The molecule has 0 radical (unpaired) electrons. The van der Waals surface area contributed by atoms with Gasteiger partial charge in [0.2, 0.25) is 0 Å². The molecule has 0 saturated heterocycles. The molecule has 3 unspecified atom stereocenters. The molecule has 0 aliphatic heterocycles. The molecule has 2 heteroatoms. The Hall–Kier alpha value is -0.470. The molecule has 112 valence electrons. The first-order valence-corrected chi connectivity index (χ1v) is 9.14. The van der Waals surface area contributed by atoms with Crippen molar-refractivity contribution in [1.82, 2.24) is 5.32 Å². The van der Waals surface area contributed by atoms with Crippen molar-refractivity contribution in [1.29, 1.82) is 0 Å². The van der Waals surface area contributed by atoms with Crippen LogP contribution < -0.4 is 5.32 Å². The minimum absolute atomic E-state index is 0.712. The number of hydrogen-bond acceptors (Lipinski definition) is 2. The number of nitrogens with one attached hydrogen (secondary N) is 1. The molecule has 0 heterocycles. The van der Waals surface area contributed by atoms with Crippen molar-refractivity contribution in [3.05, 3.63) is 35.9 Å². The molecule has 0 aromatic heterocycles. The van der Waals surface area contributed by atoms with Crippen molar-refractivity contribution >= 4 is 11.8 Å². The molecule has 1 N–H and O–H groups in total. The molecule has 2 rings (SSSR count). The largest absolute Gasteiger partial charge is 0.313 e. The van der Waals surface area contributed by atoms with Crippen LogP contribution in [-0.4, -0.2) is 17.8 Å². The van der Waals surface area contributed by atoms with Crippen LogP contribution in [0.15, 0.2) is 30.3 Å². The van der Waals surface area contributed by atoms with Gasteiger partial charge in [-0.05, 0) is 43.2 Å². The number of benzene rings is 1. The Morgan fingerprint density at radius 3 is 2.60 bits per heavy atom. The Morgan fingerprint density at radius 1 is 1.20 bits per heavy atom. The lowest BCUT2D eigenvalue weighted by atomic mass is 9.79. The predicted molar refractivity (Wildman–Crippen MR) is 91.2 cm³/mol. The number of hydrogen-bond donors (Lipinski definition) is 1. The van der Waals surface area contributed by atoms with E-state index < -0.39 is 0 Å². The highest BCUT2D eigenvalue weighted by Gasteiger charge is 2.31. The van der Waals surface area contributed by atoms with E-state index in [1.165, 1.54) is 24.8 Å². The third-order valence-corrected chi connectivity index (χ3v) is 6.00. The second-order valence-corrected chi connectivity index (χ2v) is 7.54. The van der Waals surface area contributed by atoms with Crippen LogP contribution >= 0.6 is 11.8 Å². The van der Waals surface area contributed by atoms with Crippen LogP contribution in [0.2, 0.25) is 0 Å². The SMILES string of the molecule is CCNC1CCC(C(C)C)CC1SCc1ccccc1. The van der Waals surface area contributed by atoms with Crippen LogP contribution in [0.1, 0.15) is 45.6 Å². The van der Waals surface area contributed by atoms with Gasteiger partial charge in [0.1, 0.15) is 0 Å². The minimum atomic E-state index is 0.712. The van der Waals surface area contributed by atoms with E-state index >= 15 is 0 Å². The fourth-order valence-electron chi connectivity index (χ4n) is 3.22. The third-order valence-electron chi connectivity index (χ3n) is 4.55. The topological polar surface area (TPSA) is 12.0 Å². The predicted octanol–water partition coefficient (Wildman–Crippen LogP) is 4.72. The lowest BCUT2D eigenvalue weighted by Crippen LogP contribution is -2.43. The highest BCUT2D eigenvalue weighted by atomic mass is 32.2. The third kappa shape index (κ3) is 4.53. The van der Waals surface area contributed by atoms with E-state index in [-0.39, 0.29) is 0 Å². The van der Waals surface area contributed by atoms with E-state index in [0.29, 0.717) is 6.04 Å². The fraction of sp³-hybridized carbons (Fsp3) is 0.667. The molecule has 1 aromatic carbocycles. The molecule has 0 bridgehead atoms. The maximum Gasteiger partial charge on any atom is 0.0207 e. The highest BCUT2D eigenvalue weighted by molar-refractivity contribution is 7.99. The molecule has 1 fully saturated rings. The van der Waals surface area contributed by atoms with Gasteiger partial charge in [-0.1, -0.05) is 51.1 Å². The van der Waals surface area contributed by atoms with E-state index in [1.54, 1.807) is 0 Å². The van der Waals surface area contributed by atoms with Gasteiger partial charge in [-0.15, -0.1) is 0 Å². The van der Waals surface area contributed by atoms with Crippen molar-refractivity contribution in [2.24, 2.45) is 11.8 Å². The van der Waals surface area contributed by atoms with Crippen LogP contribution in [0.3, 0.4) is 0 Å². The van der Waals surface area contributed by atoms with E-state index in [2.05, 4.69) is 68.2 Å². The average Bonchev–Trinajstić information content (AvgIpc) is 2.47. The summed E-state index contributed by atoms with van der Waals surface area (Å²) in [6, 6.07) is 11.6. The van der Waals surface area contributed by atoms with E-state index in [1.807, 2.05) is 0 Å². The molecule has 1 nitrogen and oxygen atoms in total. The Balaban J connectivity index is 1.92. The maximum absolute atomic E-state index is 3.71. The summed E-state index contributed by atoms with van der Waals surface area (Å²) >= 11 is 2.16. The summed E-state index contributed by atoms with van der Waals surface area (Å²) in [7, 11) is 0. The van der Waals surface area contributed by atoms with E-state index in [4.69, 9.17) is 0 Å². The first kappa shape index (κ1) is 15.9. The first-order valence-electron chi connectivity index (χ1n) is 8.09. The minimum Gasteiger partial charge on any atom is -0.313 e. The molecule has 1 aliphatic carbocycles. The van der Waals surface area contributed by atoms with Crippen molar-refractivity contribution in [3.8, 4) is 0 Å². The summed E-state index contributed by atoms with van der Waals surface area (Å²) < 4.78 is 0. The van der Waals surface area contributed by atoms with Gasteiger partial charge in [-0.3, -0.25) is 0 Å². The van der Waals surface area contributed by atoms with Crippen molar-refractivity contribution < 1.29 is 0 Å². The standard InChI is InChI=1S/C18H29NS/c1-4-19-17-11-10-16(14(2)3)12-18(17)20-13-15-8-6-5-7-9-15/h5-9,14,16-19H,4,10-13H2,1-3H3. The maximum atomic E-state index is 3.71. The zero-order valence-electron chi connectivity index (χ0n) is 13.1. The van der Waals surface area contributed by atoms with E-state index in [0.717, 1.165) is 29.4 Å². The van der Waals surface area contributed by atoms with Gasteiger partial charge in [-0.2, -0.15) is 11.8 Å². The Labute approximate surface area is 128 Å². The lowest BCUT2D eigenvalue weighted by Gasteiger charge is -2.38. The molecule has 3 atom stereocenters. The van der Waals surface area contributed by atoms with Gasteiger partial charge >= 0.3 is 0 Å². The summed E-state index contributed by atoms with van der Waals surface area (Å²) in [6.45, 7) is 8.10. The summed E-state index contributed by atoms with van der Waals surface area (Å²) in [5, 5.41) is 4.48. The summed E-state index contributed by atoms with van der Waals surface area (Å²) in [4.78, 5) is 0. The zero-order valence-corrected chi connectivity index (χ0v) is 14.0. The molecule has 1 aliphatic rings. The van der Waals surface area contributed by atoms with Gasteiger partial charge < -0.3 is 5.32 Å². The van der Waals surface area contributed by atoms with Crippen molar-refractivity contribution in [2.75, 3.05) is 6.54 Å². The normalized spacial score (nSPS) is 26.9. The van der Waals surface area contributed by atoms with Crippen LogP contribution in [0.4, 0.5) is 0 Å². The molecule has 1 saturated carbocycles. The summed E-state index contributed by atoms with van der Waals surface area (Å²) in [5.41, 5.74) is 1.46. The molecule has 0 amide bonds. The molecule has 20 heavy (non-hydrogen) atoms. The Bertz CT molecular complexity index is 376. The van der Waals surface area contributed by atoms with Gasteiger partial charge in [0.15, 0.2) is 0 Å². The van der Waals surface area contributed by atoms with Gasteiger partial charge in [0.05, 0.1) is 0 Å². The Kier molecular flexibility index (Phi) is 6.44. The van der Waals surface area contributed by atoms with Gasteiger partial charge in [0.25, 0.3) is 0 Å². The van der Waals surface area contributed by atoms with Crippen LogP contribution in [0.25, 0.3) is 0 Å². The van der Waals surface area contributed by atoms with Crippen LogP contribution in [-0.2, 0) is 5.75 Å². The second kappa shape index (κ2) is 8.09. The molecule has 0 spiro atoms. The summed E-state index contributed by atoms with van der Waals surface area (Å²) in [5.74, 6) is 2.90. The lowest BCUT2D eigenvalue weighted by molar-refractivity contribution is 0.247. The van der Waals surface area contributed by atoms with Gasteiger partial charge in [0, 0.05) is 17.0 Å². The molecular formula is C18H29NS. The second-order valence-electron chi connectivity index (χ2n) is 6.32. The summed E-state index contributed by atoms with van der Waals surface area (Å²) in [6.07, 6.45) is 4.13. The average molecular weight is 292 g/mol. The molecule has 1 aromatic rings. The smallest absolute Gasteiger partial charge is 0.0207 e. The van der Waals surface area contributed by atoms with E-state index in [9.17, 15) is 0 Å². The molecular weight excluding hydrogens is 262 g/mol. The van der Waals surface area contributed by atoms with Gasteiger partial charge in [-0.25, -0.2) is 0 Å². The van der Waals surface area contributed by atoms with Crippen molar-refractivity contribution in [3.63, 3.8) is 0 Å². The number of thioether (sulfide) groups is 1. The first-order chi connectivity index (χ1) is 9.70. The van der Waals surface area contributed by atoms with Crippen LogP contribution in [0, 0.1) is 11.8 Å². The van der Waals surface area contributed by atoms with Crippen LogP contribution in [0.5, 0.6) is 0 Å². The monoisotopic (exact) mass is 291 g/mol. The fourth-order valence-corrected chi connectivity index (χ4v) is 4.67. The van der Waals surface area contributed by atoms with Crippen molar-refractivity contribution in [2.45, 2.75) is 57.1 Å². The Morgan fingerprint density at radius 2 is 1.95 bits per heavy atom. The highest BCUT2D eigenvalue weighted by Crippen LogP contribution is 2.37.